The van der Waals surface area contributed by atoms with E-state index in [2.05, 4.69) is 95.3 Å². The van der Waals surface area contributed by atoms with Crippen LogP contribution >= 0.6 is 22.7 Å². The monoisotopic (exact) mass is 479 g/mol. The first-order valence-corrected chi connectivity index (χ1v) is 13.7. The van der Waals surface area contributed by atoms with Crippen LogP contribution in [0.5, 0.6) is 0 Å². The van der Waals surface area contributed by atoms with Crippen LogP contribution in [0.1, 0.15) is 45.1 Å². The molecule has 0 unspecified atom stereocenters. The molecule has 0 atom stereocenters. The van der Waals surface area contributed by atoms with E-state index in [0.29, 0.717) is 5.92 Å². The first-order valence-electron chi connectivity index (χ1n) is 12.1. The predicted molar refractivity (Wildman–Crippen MR) is 153 cm³/mol. The number of hydrogen-bond donors (Lipinski definition) is 0. The normalized spacial score (nSPS) is 12.6. The smallest absolute Gasteiger partial charge is 0.0880 e. The van der Waals surface area contributed by atoms with Crippen LogP contribution < -0.4 is 0 Å². The number of rotatable bonds is 3. The molecule has 3 aromatic carbocycles. The summed E-state index contributed by atoms with van der Waals surface area (Å²) in [6.07, 6.45) is 3.13. The summed E-state index contributed by atoms with van der Waals surface area (Å²) in [5, 5.41) is 6.68. The second-order valence-corrected chi connectivity index (χ2v) is 13.0. The van der Waals surface area contributed by atoms with E-state index in [9.17, 15) is 0 Å². The van der Waals surface area contributed by atoms with Crippen molar-refractivity contribution in [3.8, 4) is 11.3 Å². The summed E-state index contributed by atoms with van der Waals surface area (Å²) in [5.74, 6) is 0.673. The quantitative estimate of drug-likeness (QED) is 0.246. The standard InChI is InChI=1S/C31H29NS2/c1-18(2)14-21-17-25-27(33-21)11-10-23-24-12-13-32-28(30(24)34-29(23)25)20-15-19-8-6-7-9-22(19)26(16-20)31(3,4)5/h6-13,15-18H,14H2,1-5H3. The van der Waals surface area contributed by atoms with Crippen molar-refractivity contribution in [3.63, 3.8) is 0 Å². The van der Waals surface area contributed by atoms with Gasteiger partial charge in [0.25, 0.3) is 0 Å². The maximum absolute atomic E-state index is 4.94. The minimum absolute atomic E-state index is 0.0549. The summed E-state index contributed by atoms with van der Waals surface area (Å²) < 4.78 is 4.08. The maximum Gasteiger partial charge on any atom is 0.0880 e. The lowest BCUT2D eigenvalue weighted by atomic mass is 9.82. The fourth-order valence-corrected chi connectivity index (χ4v) is 7.78. The van der Waals surface area contributed by atoms with E-state index in [1.165, 1.54) is 57.0 Å². The molecule has 0 radical (unpaired) electrons. The number of pyridine rings is 1. The Morgan fingerprint density at radius 1 is 0.794 bits per heavy atom. The Kier molecular flexibility index (Phi) is 5.05. The molecule has 0 N–H and O–H groups in total. The van der Waals surface area contributed by atoms with Crippen LogP contribution in [0.2, 0.25) is 0 Å². The fraction of sp³-hybridized carbons (Fsp3) is 0.258. The molecular formula is C31H29NS2. The Morgan fingerprint density at radius 3 is 2.38 bits per heavy atom. The van der Waals surface area contributed by atoms with Gasteiger partial charge in [-0.25, -0.2) is 0 Å². The van der Waals surface area contributed by atoms with Crippen molar-refractivity contribution < 1.29 is 0 Å². The van der Waals surface area contributed by atoms with Gasteiger partial charge in [-0.1, -0.05) is 65.0 Å². The molecule has 0 bridgehead atoms. The third-order valence-electron chi connectivity index (χ3n) is 6.65. The number of aromatic nitrogens is 1. The van der Waals surface area contributed by atoms with Crippen LogP contribution in [0.15, 0.2) is 66.9 Å². The number of thiophene rings is 2. The molecule has 0 spiro atoms. The van der Waals surface area contributed by atoms with Crippen LogP contribution in [0.3, 0.4) is 0 Å². The highest BCUT2D eigenvalue weighted by molar-refractivity contribution is 7.28. The molecule has 0 aliphatic heterocycles. The Hall–Kier alpha value is -2.75. The van der Waals surface area contributed by atoms with E-state index < -0.39 is 0 Å². The van der Waals surface area contributed by atoms with Gasteiger partial charge in [-0.05, 0) is 64.4 Å². The summed E-state index contributed by atoms with van der Waals surface area (Å²) in [4.78, 5) is 6.42. The van der Waals surface area contributed by atoms with E-state index in [1.807, 2.05) is 28.9 Å². The van der Waals surface area contributed by atoms with Crippen molar-refractivity contribution in [3.05, 3.63) is 77.3 Å². The summed E-state index contributed by atoms with van der Waals surface area (Å²) in [6.45, 7) is 11.5. The lowest BCUT2D eigenvalue weighted by Gasteiger charge is -2.22. The zero-order valence-electron chi connectivity index (χ0n) is 20.4. The molecule has 3 heteroatoms. The molecule has 0 aliphatic rings. The van der Waals surface area contributed by atoms with Gasteiger partial charge in [0.15, 0.2) is 0 Å². The Labute approximate surface area is 209 Å². The highest BCUT2D eigenvalue weighted by Gasteiger charge is 2.20. The van der Waals surface area contributed by atoms with E-state index in [4.69, 9.17) is 4.98 Å². The van der Waals surface area contributed by atoms with Crippen LogP contribution in [0, 0.1) is 5.92 Å². The number of nitrogens with zero attached hydrogens (tertiary/aromatic N) is 1. The largest absolute Gasteiger partial charge is 0.255 e. The lowest BCUT2D eigenvalue weighted by molar-refractivity contribution is 0.596. The van der Waals surface area contributed by atoms with Gasteiger partial charge in [0.05, 0.1) is 10.4 Å². The highest BCUT2D eigenvalue weighted by atomic mass is 32.1. The molecule has 0 saturated heterocycles. The fourth-order valence-electron chi connectivity index (χ4n) is 5.10. The second-order valence-electron chi connectivity index (χ2n) is 10.8. The first-order chi connectivity index (χ1) is 16.3. The summed E-state index contributed by atoms with van der Waals surface area (Å²) >= 11 is 3.86. The molecular weight excluding hydrogens is 450 g/mol. The van der Waals surface area contributed by atoms with E-state index >= 15 is 0 Å². The van der Waals surface area contributed by atoms with Gasteiger partial charge in [0.2, 0.25) is 0 Å². The second kappa shape index (κ2) is 7.90. The van der Waals surface area contributed by atoms with Crippen molar-refractivity contribution in [2.75, 3.05) is 0 Å². The molecule has 6 rings (SSSR count). The Morgan fingerprint density at radius 2 is 1.59 bits per heavy atom. The SMILES string of the molecule is CC(C)Cc1cc2c(ccc3c4ccnc(-c5cc(C(C)(C)C)c6ccccc6c5)c4sc23)s1. The van der Waals surface area contributed by atoms with Gasteiger partial charge in [-0.3, -0.25) is 4.98 Å². The average molecular weight is 480 g/mol. The highest BCUT2D eigenvalue weighted by Crippen LogP contribution is 2.45. The first kappa shape index (κ1) is 21.8. The molecule has 34 heavy (non-hydrogen) atoms. The summed E-state index contributed by atoms with van der Waals surface area (Å²) in [5.41, 5.74) is 3.74. The minimum Gasteiger partial charge on any atom is -0.255 e. The van der Waals surface area contributed by atoms with Crippen LogP contribution in [-0.4, -0.2) is 4.98 Å². The topological polar surface area (TPSA) is 12.9 Å². The van der Waals surface area contributed by atoms with Crippen molar-refractivity contribution in [1.29, 1.82) is 0 Å². The van der Waals surface area contributed by atoms with Crippen LogP contribution in [0.25, 0.3) is 52.3 Å². The number of hydrogen-bond acceptors (Lipinski definition) is 3. The molecule has 0 fully saturated rings. The Bertz CT molecular complexity index is 1690. The molecule has 0 aliphatic carbocycles. The minimum atomic E-state index is 0.0549. The number of fused-ring (bicyclic) bond motifs is 6. The molecule has 3 aromatic heterocycles. The van der Waals surface area contributed by atoms with Crippen LogP contribution in [-0.2, 0) is 11.8 Å². The van der Waals surface area contributed by atoms with E-state index in [-0.39, 0.29) is 5.41 Å². The van der Waals surface area contributed by atoms with Crippen molar-refractivity contribution in [1.82, 2.24) is 4.98 Å². The van der Waals surface area contributed by atoms with Crippen LogP contribution in [0.4, 0.5) is 0 Å². The van der Waals surface area contributed by atoms with E-state index in [1.54, 1.807) is 0 Å². The van der Waals surface area contributed by atoms with Gasteiger partial charge in [0, 0.05) is 42.2 Å². The lowest BCUT2D eigenvalue weighted by Crippen LogP contribution is -2.12. The Balaban J connectivity index is 1.63. The van der Waals surface area contributed by atoms with Crippen molar-refractivity contribution in [2.24, 2.45) is 5.92 Å². The summed E-state index contributed by atoms with van der Waals surface area (Å²) in [7, 11) is 0. The molecule has 0 amide bonds. The average Bonchev–Trinajstić information content (AvgIpc) is 3.37. The molecule has 6 aromatic rings. The summed E-state index contributed by atoms with van der Waals surface area (Å²) in [6, 6.07) is 22.7. The van der Waals surface area contributed by atoms with E-state index in [0.717, 1.165) is 12.1 Å². The molecule has 0 saturated carbocycles. The molecule has 1 nitrogen and oxygen atoms in total. The van der Waals surface area contributed by atoms with Crippen molar-refractivity contribution >= 4 is 63.7 Å². The van der Waals surface area contributed by atoms with Gasteiger partial charge in [-0.2, -0.15) is 0 Å². The van der Waals surface area contributed by atoms with Gasteiger partial charge < -0.3 is 0 Å². The third-order valence-corrected chi connectivity index (χ3v) is 9.04. The zero-order chi connectivity index (χ0) is 23.6. The third kappa shape index (κ3) is 3.54. The maximum atomic E-state index is 4.94. The predicted octanol–water partition coefficient (Wildman–Crippen LogP) is 9.98. The van der Waals surface area contributed by atoms with Gasteiger partial charge in [-0.15, -0.1) is 22.7 Å². The molecule has 170 valence electrons. The zero-order valence-corrected chi connectivity index (χ0v) is 22.0. The van der Waals surface area contributed by atoms with Gasteiger partial charge in [0.1, 0.15) is 0 Å². The molecule has 3 heterocycles. The van der Waals surface area contributed by atoms with Gasteiger partial charge >= 0.3 is 0 Å². The van der Waals surface area contributed by atoms with Crippen molar-refractivity contribution in [2.45, 2.75) is 46.5 Å². The number of benzene rings is 3.